The number of halogens is 1. The Morgan fingerprint density at radius 1 is 0.919 bits per heavy atom. The van der Waals surface area contributed by atoms with Crippen molar-refractivity contribution in [3.05, 3.63) is 101 Å². The number of rotatable bonds is 4. The molecule has 4 atom stereocenters. The molecule has 0 bridgehead atoms. The van der Waals surface area contributed by atoms with Crippen LogP contribution in [0.3, 0.4) is 0 Å². The zero-order valence-corrected chi connectivity index (χ0v) is 20.5. The Bertz CT molecular complexity index is 1600. The molecule has 2 saturated heterocycles. The minimum atomic E-state index is -1.38. The third kappa shape index (κ3) is 3.14. The van der Waals surface area contributed by atoms with Crippen molar-refractivity contribution < 1.29 is 14.4 Å². The number of carbonyl (C=O) groups excluding carboxylic acids is 3. The van der Waals surface area contributed by atoms with Gasteiger partial charge in [-0.15, -0.1) is 0 Å². The monoisotopic (exact) mass is 510 g/mol. The SMILES string of the molecule is O=C1[C@H]2[C@@H](C(=O)N1Cc1ccccc1)[C@@]1(N[C@@H]2Cc2c[nH]c3ccccc23)C(=O)Nc2ccc(Cl)cc21. The summed E-state index contributed by atoms with van der Waals surface area (Å²) in [5, 5.41) is 7.95. The number of aromatic amines is 1. The van der Waals surface area contributed by atoms with E-state index in [9.17, 15) is 14.4 Å². The van der Waals surface area contributed by atoms with Gasteiger partial charge < -0.3 is 10.3 Å². The third-order valence-electron chi connectivity index (χ3n) is 8.07. The zero-order valence-electron chi connectivity index (χ0n) is 19.7. The highest BCUT2D eigenvalue weighted by Gasteiger charge is 2.70. The van der Waals surface area contributed by atoms with Gasteiger partial charge in [-0.25, -0.2) is 0 Å². The molecule has 2 fully saturated rings. The molecule has 8 heteroatoms. The molecule has 4 aromatic rings. The summed E-state index contributed by atoms with van der Waals surface area (Å²) in [7, 11) is 0. The maximum atomic E-state index is 14.0. The smallest absolute Gasteiger partial charge is 0.250 e. The minimum absolute atomic E-state index is 0.172. The number of fused-ring (bicyclic) bond motifs is 5. The van der Waals surface area contributed by atoms with Crippen LogP contribution in [0.15, 0.2) is 79.0 Å². The summed E-state index contributed by atoms with van der Waals surface area (Å²) in [5.74, 6) is -2.49. The van der Waals surface area contributed by atoms with Crippen LogP contribution in [0.5, 0.6) is 0 Å². The lowest BCUT2D eigenvalue weighted by atomic mass is 9.76. The fourth-order valence-corrected chi connectivity index (χ4v) is 6.64. The summed E-state index contributed by atoms with van der Waals surface area (Å²) in [4.78, 5) is 46.2. The van der Waals surface area contributed by atoms with Crippen LogP contribution in [0.25, 0.3) is 10.9 Å². The van der Waals surface area contributed by atoms with Crippen molar-refractivity contribution in [3.63, 3.8) is 0 Å². The number of imide groups is 1. The van der Waals surface area contributed by atoms with Gasteiger partial charge >= 0.3 is 0 Å². The van der Waals surface area contributed by atoms with E-state index in [-0.39, 0.29) is 24.3 Å². The summed E-state index contributed by atoms with van der Waals surface area (Å²) in [6, 6.07) is 22.2. The van der Waals surface area contributed by atoms with Gasteiger partial charge in [-0.2, -0.15) is 0 Å². The van der Waals surface area contributed by atoms with Crippen LogP contribution in [0.4, 0.5) is 5.69 Å². The first-order valence-corrected chi connectivity index (χ1v) is 12.7. The normalized spacial score (nSPS) is 26.2. The molecule has 3 N–H and O–H groups in total. The van der Waals surface area contributed by atoms with Gasteiger partial charge in [0.1, 0.15) is 5.54 Å². The second-order valence-corrected chi connectivity index (χ2v) is 10.5. The van der Waals surface area contributed by atoms with Crippen molar-refractivity contribution in [1.29, 1.82) is 0 Å². The predicted molar refractivity (Wildman–Crippen MR) is 140 cm³/mol. The van der Waals surface area contributed by atoms with Gasteiger partial charge in [0.25, 0.3) is 0 Å². The van der Waals surface area contributed by atoms with Crippen molar-refractivity contribution in [3.8, 4) is 0 Å². The van der Waals surface area contributed by atoms with Crippen LogP contribution >= 0.6 is 11.6 Å². The first kappa shape index (κ1) is 22.3. The van der Waals surface area contributed by atoms with E-state index in [2.05, 4.69) is 15.6 Å². The molecule has 0 radical (unpaired) electrons. The Balaban J connectivity index is 1.35. The van der Waals surface area contributed by atoms with Gasteiger partial charge in [-0.3, -0.25) is 24.6 Å². The van der Waals surface area contributed by atoms with E-state index in [1.54, 1.807) is 18.2 Å². The Labute approximate surface area is 217 Å². The molecule has 1 spiro atoms. The largest absolute Gasteiger partial charge is 0.361 e. The van der Waals surface area contributed by atoms with Crippen LogP contribution in [0.2, 0.25) is 5.02 Å². The fraction of sp³-hybridized carbons (Fsp3) is 0.207. The van der Waals surface area contributed by atoms with E-state index in [1.807, 2.05) is 60.8 Å². The third-order valence-corrected chi connectivity index (χ3v) is 8.30. The van der Waals surface area contributed by atoms with E-state index in [0.29, 0.717) is 22.7 Å². The van der Waals surface area contributed by atoms with E-state index in [1.165, 1.54) is 4.90 Å². The highest BCUT2D eigenvalue weighted by Crippen LogP contribution is 2.54. The molecule has 3 aliphatic rings. The molecule has 1 aromatic heterocycles. The Morgan fingerprint density at radius 2 is 1.70 bits per heavy atom. The maximum Gasteiger partial charge on any atom is 0.250 e. The van der Waals surface area contributed by atoms with Crippen LogP contribution in [-0.2, 0) is 32.9 Å². The molecular formula is C29H23ClN4O3. The van der Waals surface area contributed by atoms with Crippen molar-refractivity contribution in [2.45, 2.75) is 24.5 Å². The summed E-state index contributed by atoms with van der Waals surface area (Å²) in [6.45, 7) is 0.172. The van der Waals surface area contributed by atoms with Crippen molar-refractivity contribution in [1.82, 2.24) is 15.2 Å². The van der Waals surface area contributed by atoms with Crippen LogP contribution in [-0.4, -0.2) is 33.6 Å². The molecule has 3 amide bonds. The maximum absolute atomic E-state index is 14.0. The molecule has 7 nitrogen and oxygen atoms in total. The van der Waals surface area contributed by atoms with Crippen LogP contribution in [0.1, 0.15) is 16.7 Å². The minimum Gasteiger partial charge on any atom is -0.361 e. The highest BCUT2D eigenvalue weighted by molar-refractivity contribution is 6.31. The lowest BCUT2D eigenvalue weighted by Gasteiger charge is -2.29. The molecule has 0 aliphatic carbocycles. The quantitative estimate of drug-likeness (QED) is 0.362. The second-order valence-electron chi connectivity index (χ2n) is 10.0. The molecule has 3 aromatic carbocycles. The zero-order chi connectivity index (χ0) is 25.3. The molecular weight excluding hydrogens is 488 g/mol. The summed E-state index contributed by atoms with van der Waals surface area (Å²) in [6.07, 6.45) is 2.42. The van der Waals surface area contributed by atoms with Crippen LogP contribution in [0, 0.1) is 11.8 Å². The first-order valence-electron chi connectivity index (χ1n) is 12.3. The second kappa shape index (κ2) is 8.03. The number of amides is 3. The number of anilines is 1. The van der Waals surface area contributed by atoms with Crippen molar-refractivity contribution >= 4 is 45.9 Å². The molecule has 7 rings (SSSR count). The lowest BCUT2D eigenvalue weighted by Crippen LogP contribution is -2.53. The molecule has 37 heavy (non-hydrogen) atoms. The number of hydrogen-bond acceptors (Lipinski definition) is 4. The van der Waals surface area contributed by atoms with Gasteiger partial charge in [0, 0.05) is 39.4 Å². The molecule has 0 unspecified atom stereocenters. The Kier molecular flexibility index (Phi) is 4.83. The molecule has 4 heterocycles. The molecule has 0 saturated carbocycles. The number of likely N-dealkylation sites (tertiary alicyclic amines) is 1. The first-order chi connectivity index (χ1) is 18.0. The summed E-state index contributed by atoms with van der Waals surface area (Å²) in [5.41, 5.74) is 2.73. The number of nitrogens with zero attached hydrogens (tertiary/aromatic N) is 1. The van der Waals surface area contributed by atoms with Gasteiger partial charge in [-0.1, -0.05) is 60.1 Å². The molecule has 184 valence electrons. The number of H-pyrrole nitrogens is 1. The van der Waals surface area contributed by atoms with Gasteiger partial charge in [-0.05, 0) is 41.8 Å². The number of para-hydroxylation sites is 1. The number of aromatic nitrogens is 1. The van der Waals surface area contributed by atoms with Gasteiger partial charge in [0.15, 0.2) is 0 Å². The fourth-order valence-electron chi connectivity index (χ4n) is 6.47. The number of hydrogen-bond donors (Lipinski definition) is 3. The Morgan fingerprint density at radius 3 is 2.54 bits per heavy atom. The lowest BCUT2D eigenvalue weighted by molar-refractivity contribution is -0.143. The average Bonchev–Trinajstić information content (AvgIpc) is 3.61. The summed E-state index contributed by atoms with van der Waals surface area (Å²) < 4.78 is 0. The topological polar surface area (TPSA) is 94.3 Å². The standard InChI is InChI=1S/C29H23ClN4O3/c30-18-10-11-22-20(13-18)29(28(37)32-22)25-24(26(35)34(27(25)36)15-16-6-2-1-3-7-16)23(33-29)12-17-14-31-21-9-5-4-8-19(17)21/h1-11,13-14,23-25,31,33H,12,15H2,(H,32,37)/t23-,24-,25+,29-/m1/s1. The predicted octanol–water partition coefficient (Wildman–Crippen LogP) is 3.98. The highest BCUT2D eigenvalue weighted by atomic mass is 35.5. The number of benzene rings is 3. The van der Waals surface area contributed by atoms with E-state index in [4.69, 9.17) is 11.6 Å². The Hall–Kier alpha value is -3.94. The van der Waals surface area contributed by atoms with E-state index < -0.39 is 23.4 Å². The van der Waals surface area contributed by atoms with E-state index in [0.717, 1.165) is 22.0 Å². The van der Waals surface area contributed by atoms with Crippen molar-refractivity contribution in [2.24, 2.45) is 11.8 Å². The number of carbonyl (C=O) groups is 3. The van der Waals surface area contributed by atoms with Gasteiger partial charge in [0.2, 0.25) is 17.7 Å². The van der Waals surface area contributed by atoms with E-state index >= 15 is 0 Å². The number of nitrogens with one attached hydrogen (secondary N) is 3. The molecule has 3 aliphatic heterocycles. The summed E-state index contributed by atoms with van der Waals surface area (Å²) >= 11 is 6.36. The van der Waals surface area contributed by atoms with Gasteiger partial charge in [0.05, 0.1) is 18.4 Å². The van der Waals surface area contributed by atoms with Crippen molar-refractivity contribution in [2.75, 3.05) is 5.32 Å². The average molecular weight is 511 g/mol. The van der Waals surface area contributed by atoms with Crippen LogP contribution < -0.4 is 10.6 Å².